The molecule has 5 heteroatoms. The number of halogens is 3. The molecule has 1 aliphatic heterocycles. The lowest BCUT2D eigenvalue weighted by Crippen LogP contribution is -2.39. The fourth-order valence-corrected chi connectivity index (χ4v) is 1.62. The fourth-order valence-electron chi connectivity index (χ4n) is 1.62. The van der Waals surface area contributed by atoms with Gasteiger partial charge in [0, 0.05) is 12.6 Å². The molecule has 0 saturated carbocycles. The Morgan fingerprint density at radius 2 is 2.15 bits per heavy atom. The third-order valence-electron chi connectivity index (χ3n) is 2.38. The van der Waals surface area contributed by atoms with Gasteiger partial charge in [-0.2, -0.15) is 13.2 Å². The van der Waals surface area contributed by atoms with Gasteiger partial charge in [0.05, 0.1) is 6.54 Å². The topological polar surface area (TPSA) is 15.3 Å². The molecule has 2 nitrogen and oxygen atoms in total. The zero-order valence-electron chi connectivity index (χ0n) is 7.69. The van der Waals surface area contributed by atoms with E-state index in [1.165, 1.54) is 0 Å². The van der Waals surface area contributed by atoms with Crippen LogP contribution in [0.3, 0.4) is 0 Å². The largest absolute Gasteiger partial charge is 0.401 e. The van der Waals surface area contributed by atoms with Gasteiger partial charge >= 0.3 is 6.18 Å². The van der Waals surface area contributed by atoms with Crippen molar-refractivity contribution in [3.8, 4) is 0 Å². The second kappa shape index (κ2) is 4.28. The standard InChI is InChI=1S/C8H15F3N2/c1-13-4-2-3-7(13)5-12-6-8(9,10)11/h7,12H,2-6H2,1H3. The van der Waals surface area contributed by atoms with Gasteiger partial charge in [0.1, 0.15) is 0 Å². The molecular weight excluding hydrogens is 181 g/mol. The molecule has 0 radical (unpaired) electrons. The number of alkyl halides is 3. The first-order valence-electron chi connectivity index (χ1n) is 4.47. The summed E-state index contributed by atoms with van der Waals surface area (Å²) in [5.41, 5.74) is 0. The van der Waals surface area contributed by atoms with Crippen LogP contribution in [0.5, 0.6) is 0 Å². The SMILES string of the molecule is CN1CCCC1CNCC(F)(F)F. The number of hydrogen-bond donors (Lipinski definition) is 1. The lowest BCUT2D eigenvalue weighted by atomic mass is 10.2. The summed E-state index contributed by atoms with van der Waals surface area (Å²) in [5, 5.41) is 2.43. The molecule has 0 aromatic rings. The summed E-state index contributed by atoms with van der Waals surface area (Å²) in [4.78, 5) is 2.10. The van der Waals surface area contributed by atoms with Gasteiger partial charge in [0.15, 0.2) is 0 Å². The van der Waals surface area contributed by atoms with Crippen molar-refractivity contribution >= 4 is 0 Å². The Morgan fingerprint density at radius 1 is 1.46 bits per heavy atom. The predicted octanol–water partition coefficient (Wildman–Crippen LogP) is 1.23. The van der Waals surface area contributed by atoms with Gasteiger partial charge in [-0.3, -0.25) is 0 Å². The van der Waals surface area contributed by atoms with E-state index in [9.17, 15) is 13.2 Å². The van der Waals surface area contributed by atoms with Crippen LogP contribution in [0.1, 0.15) is 12.8 Å². The average molecular weight is 196 g/mol. The Labute approximate surface area is 76.1 Å². The maximum absolute atomic E-state index is 11.8. The van der Waals surface area contributed by atoms with Crippen molar-refractivity contribution < 1.29 is 13.2 Å². The van der Waals surface area contributed by atoms with E-state index < -0.39 is 12.7 Å². The molecule has 0 bridgehead atoms. The summed E-state index contributed by atoms with van der Waals surface area (Å²) in [6.07, 6.45) is -1.99. The van der Waals surface area contributed by atoms with Gasteiger partial charge in [-0.1, -0.05) is 0 Å². The predicted molar refractivity (Wildman–Crippen MR) is 44.6 cm³/mol. The molecule has 1 fully saturated rings. The Bertz CT molecular complexity index is 158. The smallest absolute Gasteiger partial charge is 0.307 e. The molecule has 1 unspecified atom stereocenters. The first kappa shape index (κ1) is 10.8. The van der Waals surface area contributed by atoms with Gasteiger partial charge in [-0.15, -0.1) is 0 Å². The van der Waals surface area contributed by atoms with Crippen molar-refractivity contribution in [1.82, 2.24) is 10.2 Å². The quantitative estimate of drug-likeness (QED) is 0.730. The minimum atomic E-state index is -4.09. The second-order valence-corrected chi connectivity index (χ2v) is 3.52. The van der Waals surface area contributed by atoms with Gasteiger partial charge in [-0.05, 0) is 26.4 Å². The maximum atomic E-state index is 11.8. The third-order valence-corrected chi connectivity index (χ3v) is 2.38. The highest BCUT2D eigenvalue weighted by Gasteiger charge is 2.28. The summed E-state index contributed by atoms with van der Waals surface area (Å²) in [7, 11) is 1.95. The van der Waals surface area contributed by atoms with Gasteiger partial charge < -0.3 is 10.2 Å². The highest BCUT2D eigenvalue weighted by molar-refractivity contribution is 4.78. The average Bonchev–Trinajstić information content (AvgIpc) is 2.34. The number of hydrogen-bond acceptors (Lipinski definition) is 2. The van der Waals surface area contributed by atoms with E-state index in [-0.39, 0.29) is 6.04 Å². The molecule has 1 saturated heterocycles. The number of likely N-dealkylation sites (N-methyl/N-ethyl adjacent to an activating group) is 1. The van der Waals surface area contributed by atoms with Crippen molar-refractivity contribution in [2.45, 2.75) is 25.1 Å². The Hall–Kier alpha value is -0.290. The summed E-state index contributed by atoms with van der Waals surface area (Å²) >= 11 is 0. The maximum Gasteiger partial charge on any atom is 0.401 e. The molecule has 1 atom stereocenters. The minimum Gasteiger partial charge on any atom is -0.307 e. The molecule has 1 heterocycles. The van der Waals surface area contributed by atoms with E-state index in [0.29, 0.717) is 6.54 Å². The van der Waals surface area contributed by atoms with E-state index in [4.69, 9.17) is 0 Å². The minimum absolute atomic E-state index is 0.280. The van der Waals surface area contributed by atoms with E-state index in [2.05, 4.69) is 10.2 Å². The van der Waals surface area contributed by atoms with Crippen LogP contribution in [0, 0.1) is 0 Å². The monoisotopic (exact) mass is 196 g/mol. The van der Waals surface area contributed by atoms with Gasteiger partial charge in [0.2, 0.25) is 0 Å². The highest BCUT2D eigenvalue weighted by atomic mass is 19.4. The molecular formula is C8H15F3N2. The first-order chi connectivity index (χ1) is 5.99. The number of rotatable bonds is 3. The van der Waals surface area contributed by atoms with Crippen LogP contribution in [0.4, 0.5) is 13.2 Å². The number of nitrogens with zero attached hydrogens (tertiary/aromatic N) is 1. The zero-order chi connectivity index (χ0) is 9.90. The van der Waals surface area contributed by atoms with Gasteiger partial charge in [0.25, 0.3) is 0 Å². The van der Waals surface area contributed by atoms with Gasteiger partial charge in [-0.25, -0.2) is 0 Å². The van der Waals surface area contributed by atoms with E-state index in [0.717, 1.165) is 19.4 Å². The van der Waals surface area contributed by atoms with Crippen LogP contribution in [-0.2, 0) is 0 Å². The normalized spacial score (nSPS) is 25.4. The Balaban J connectivity index is 2.12. The molecule has 13 heavy (non-hydrogen) atoms. The number of likely N-dealkylation sites (tertiary alicyclic amines) is 1. The van der Waals surface area contributed by atoms with Crippen molar-refractivity contribution in [2.75, 3.05) is 26.7 Å². The van der Waals surface area contributed by atoms with E-state index in [1.54, 1.807) is 0 Å². The van der Waals surface area contributed by atoms with E-state index >= 15 is 0 Å². The molecule has 0 aliphatic carbocycles. The number of nitrogens with one attached hydrogen (secondary N) is 1. The summed E-state index contributed by atoms with van der Waals surface area (Å²) in [6, 6.07) is 0.280. The Morgan fingerprint density at radius 3 is 2.62 bits per heavy atom. The molecule has 78 valence electrons. The Kier molecular flexibility index (Phi) is 3.55. The molecule has 0 aromatic carbocycles. The molecule has 1 N–H and O–H groups in total. The van der Waals surface area contributed by atoms with E-state index in [1.807, 2.05) is 7.05 Å². The fraction of sp³-hybridized carbons (Fsp3) is 1.00. The van der Waals surface area contributed by atoms with Crippen molar-refractivity contribution in [1.29, 1.82) is 0 Å². The molecule has 0 spiro atoms. The molecule has 0 amide bonds. The zero-order valence-corrected chi connectivity index (χ0v) is 7.69. The van der Waals surface area contributed by atoms with Crippen LogP contribution >= 0.6 is 0 Å². The summed E-state index contributed by atoms with van der Waals surface area (Å²) < 4.78 is 35.3. The molecule has 1 rings (SSSR count). The van der Waals surface area contributed by atoms with Crippen LogP contribution in [0.25, 0.3) is 0 Å². The summed E-state index contributed by atoms with van der Waals surface area (Å²) in [5.74, 6) is 0. The van der Waals surface area contributed by atoms with Crippen LogP contribution in [-0.4, -0.2) is 43.8 Å². The van der Waals surface area contributed by atoms with Crippen molar-refractivity contribution in [2.24, 2.45) is 0 Å². The lowest BCUT2D eigenvalue weighted by Gasteiger charge is -2.20. The van der Waals surface area contributed by atoms with Crippen LogP contribution in [0.15, 0.2) is 0 Å². The summed E-state index contributed by atoms with van der Waals surface area (Å²) in [6.45, 7) is 0.561. The second-order valence-electron chi connectivity index (χ2n) is 3.52. The van der Waals surface area contributed by atoms with Crippen molar-refractivity contribution in [3.63, 3.8) is 0 Å². The van der Waals surface area contributed by atoms with Crippen LogP contribution in [0.2, 0.25) is 0 Å². The highest BCUT2D eigenvalue weighted by Crippen LogP contribution is 2.15. The third kappa shape index (κ3) is 3.95. The van der Waals surface area contributed by atoms with Crippen molar-refractivity contribution in [3.05, 3.63) is 0 Å². The first-order valence-corrected chi connectivity index (χ1v) is 4.47. The van der Waals surface area contributed by atoms with Crippen LogP contribution < -0.4 is 5.32 Å². The lowest BCUT2D eigenvalue weighted by molar-refractivity contribution is -0.125. The molecule has 0 aromatic heterocycles. The molecule has 1 aliphatic rings.